The Bertz CT molecular complexity index is 291. The summed E-state index contributed by atoms with van der Waals surface area (Å²) in [6.07, 6.45) is 5.98. The number of rotatable bonds is 6. The minimum Gasteiger partial charge on any atom is -0.396 e. The third-order valence-electron chi connectivity index (χ3n) is 2.12. The van der Waals surface area contributed by atoms with E-state index in [4.69, 9.17) is 5.11 Å². The van der Waals surface area contributed by atoms with Crippen molar-refractivity contribution < 1.29 is 9.90 Å². The number of nitrogens with zero attached hydrogens (tertiary/aromatic N) is 1. The Kier molecular flexibility index (Phi) is 4.40. The first kappa shape index (κ1) is 11.0. The molecule has 1 aromatic rings. The van der Waals surface area contributed by atoms with E-state index in [1.807, 2.05) is 30.0 Å². The predicted octanol–water partition coefficient (Wildman–Crippen LogP) is 1.85. The van der Waals surface area contributed by atoms with E-state index in [1.165, 1.54) is 0 Å². The lowest BCUT2D eigenvalue weighted by Gasteiger charge is -1.99. The summed E-state index contributed by atoms with van der Waals surface area (Å²) in [6, 6.07) is 1.84. The molecule has 0 amide bonds. The maximum atomic E-state index is 11.5. The van der Waals surface area contributed by atoms with Gasteiger partial charge in [-0.2, -0.15) is 0 Å². The molecule has 78 valence electrons. The predicted molar refractivity (Wildman–Crippen MR) is 55.4 cm³/mol. The van der Waals surface area contributed by atoms with Crippen molar-refractivity contribution in [1.29, 1.82) is 0 Å². The van der Waals surface area contributed by atoms with Crippen LogP contribution >= 0.6 is 0 Å². The van der Waals surface area contributed by atoms with Gasteiger partial charge in [0.25, 0.3) is 0 Å². The molecule has 1 N–H and O–H groups in total. The molecule has 0 radical (unpaired) electrons. The number of carbonyl (C=O) groups excluding carboxylic acids is 1. The van der Waals surface area contributed by atoms with Gasteiger partial charge in [-0.1, -0.05) is 6.92 Å². The topological polar surface area (TPSA) is 42.2 Å². The van der Waals surface area contributed by atoms with E-state index in [0.29, 0.717) is 6.42 Å². The second-order valence-electron chi connectivity index (χ2n) is 3.39. The number of hydrogen-bond acceptors (Lipinski definition) is 2. The number of Topliss-reactive ketones (excluding diaryl/α,β-unsaturated/α-hetero) is 1. The van der Waals surface area contributed by atoms with Crippen LogP contribution in [-0.2, 0) is 6.54 Å². The number of aryl methyl sites for hydroxylation is 1. The van der Waals surface area contributed by atoms with Crippen molar-refractivity contribution in [1.82, 2.24) is 4.57 Å². The van der Waals surface area contributed by atoms with Crippen molar-refractivity contribution in [2.24, 2.45) is 0 Å². The largest absolute Gasteiger partial charge is 0.396 e. The lowest BCUT2D eigenvalue weighted by molar-refractivity contribution is 0.0981. The molecule has 0 aliphatic carbocycles. The third-order valence-corrected chi connectivity index (χ3v) is 2.12. The highest BCUT2D eigenvalue weighted by Crippen LogP contribution is 2.06. The van der Waals surface area contributed by atoms with E-state index in [9.17, 15) is 4.79 Å². The van der Waals surface area contributed by atoms with Crippen molar-refractivity contribution in [3.63, 3.8) is 0 Å². The van der Waals surface area contributed by atoms with E-state index < -0.39 is 0 Å². The molecule has 0 aromatic carbocycles. The maximum Gasteiger partial charge on any atom is 0.164 e. The van der Waals surface area contributed by atoms with Crippen LogP contribution in [0.2, 0.25) is 0 Å². The van der Waals surface area contributed by atoms with Gasteiger partial charge in [0.05, 0.1) is 0 Å². The fourth-order valence-electron chi connectivity index (χ4n) is 1.37. The highest BCUT2D eigenvalue weighted by molar-refractivity contribution is 5.95. The minimum absolute atomic E-state index is 0.191. The monoisotopic (exact) mass is 195 g/mol. The van der Waals surface area contributed by atoms with Crippen LogP contribution in [0.4, 0.5) is 0 Å². The summed E-state index contributed by atoms with van der Waals surface area (Å²) in [5.41, 5.74) is 0.782. The molecule has 0 atom stereocenters. The van der Waals surface area contributed by atoms with E-state index in [0.717, 1.165) is 24.9 Å². The fourth-order valence-corrected chi connectivity index (χ4v) is 1.37. The van der Waals surface area contributed by atoms with Gasteiger partial charge in [-0.15, -0.1) is 0 Å². The lowest BCUT2D eigenvalue weighted by Crippen LogP contribution is -1.99. The molecule has 3 heteroatoms. The van der Waals surface area contributed by atoms with Gasteiger partial charge in [0.2, 0.25) is 0 Å². The Morgan fingerprint density at radius 2 is 2.36 bits per heavy atom. The Morgan fingerprint density at radius 3 is 3.00 bits per heavy atom. The first-order valence-electron chi connectivity index (χ1n) is 5.07. The van der Waals surface area contributed by atoms with Crippen molar-refractivity contribution in [2.45, 2.75) is 32.7 Å². The molecule has 0 saturated carbocycles. The van der Waals surface area contributed by atoms with Gasteiger partial charge in [-0.3, -0.25) is 4.79 Å². The van der Waals surface area contributed by atoms with E-state index >= 15 is 0 Å². The van der Waals surface area contributed by atoms with Gasteiger partial charge in [-0.05, 0) is 18.9 Å². The summed E-state index contributed by atoms with van der Waals surface area (Å²) in [5.74, 6) is 0.204. The van der Waals surface area contributed by atoms with Crippen LogP contribution in [0.15, 0.2) is 18.5 Å². The molecule has 0 aliphatic heterocycles. The second-order valence-corrected chi connectivity index (χ2v) is 3.39. The van der Waals surface area contributed by atoms with E-state index in [2.05, 4.69) is 0 Å². The molecular formula is C11H17NO2. The number of hydrogen-bond donors (Lipinski definition) is 1. The van der Waals surface area contributed by atoms with Crippen molar-refractivity contribution in [2.75, 3.05) is 6.61 Å². The van der Waals surface area contributed by atoms with Gasteiger partial charge in [0.1, 0.15) is 0 Å². The highest BCUT2D eigenvalue weighted by atomic mass is 16.3. The summed E-state index contributed by atoms with van der Waals surface area (Å²) in [6.45, 7) is 2.97. The average molecular weight is 195 g/mol. The van der Waals surface area contributed by atoms with Crippen LogP contribution in [0.25, 0.3) is 0 Å². The molecule has 3 nitrogen and oxygen atoms in total. The molecule has 1 aromatic heterocycles. The molecule has 0 aliphatic rings. The molecule has 0 unspecified atom stereocenters. The van der Waals surface area contributed by atoms with Gasteiger partial charge < -0.3 is 9.67 Å². The van der Waals surface area contributed by atoms with E-state index in [-0.39, 0.29) is 12.4 Å². The minimum atomic E-state index is 0.191. The fraction of sp³-hybridized carbons (Fsp3) is 0.545. The van der Waals surface area contributed by atoms with Crippen LogP contribution in [0.3, 0.4) is 0 Å². The van der Waals surface area contributed by atoms with Gasteiger partial charge >= 0.3 is 0 Å². The quantitative estimate of drug-likeness (QED) is 0.704. The third kappa shape index (κ3) is 3.00. The Labute approximate surface area is 84.4 Å². The number of aliphatic hydroxyl groups is 1. The van der Waals surface area contributed by atoms with Crippen LogP contribution < -0.4 is 0 Å². The Hall–Kier alpha value is -1.09. The van der Waals surface area contributed by atoms with Gasteiger partial charge in [0.15, 0.2) is 5.78 Å². The molecule has 0 saturated heterocycles. The highest BCUT2D eigenvalue weighted by Gasteiger charge is 2.05. The zero-order valence-corrected chi connectivity index (χ0v) is 8.57. The normalized spacial score (nSPS) is 10.4. The molecule has 14 heavy (non-hydrogen) atoms. The maximum absolute atomic E-state index is 11.5. The zero-order valence-electron chi connectivity index (χ0n) is 8.57. The zero-order chi connectivity index (χ0) is 10.4. The number of ketones is 1. The van der Waals surface area contributed by atoms with Crippen molar-refractivity contribution in [3.8, 4) is 0 Å². The van der Waals surface area contributed by atoms with Gasteiger partial charge in [0, 0.05) is 37.5 Å². The Morgan fingerprint density at radius 1 is 1.57 bits per heavy atom. The second kappa shape index (κ2) is 5.60. The smallest absolute Gasteiger partial charge is 0.164 e. The summed E-state index contributed by atoms with van der Waals surface area (Å²) >= 11 is 0. The average Bonchev–Trinajstić information content (AvgIpc) is 2.63. The standard InChI is InChI=1S/C11H17NO2/c1-2-4-11(14)10-5-7-12(9-10)6-3-8-13/h5,7,9,13H,2-4,6,8H2,1H3. The van der Waals surface area contributed by atoms with Crippen LogP contribution in [0.5, 0.6) is 0 Å². The van der Waals surface area contributed by atoms with Crippen LogP contribution in [0.1, 0.15) is 36.5 Å². The summed E-state index contributed by atoms with van der Waals surface area (Å²) in [4.78, 5) is 11.5. The van der Waals surface area contributed by atoms with Gasteiger partial charge in [-0.25, -0.2) is 0 Å². The molecule has 1 rings (SSSR count). The molecule has 1 heterocycles. The molecule has 0 fully saturated rings. The number of carbonyl (C=O) groups is 1. The lowest BCUT2D eigenvalue weighted by atomic mass is 10.1. The summed E-state index contributed by atoms with van der Waals surface area (Å²) in [7, 11) is 0. The molecular weight excluding hydrogens is 178 g/mol. The van der Waals surface area contributed by atoms with E-state index in [1.54, 1.807) is 0 Å². The Balaban J connectivity index is 2.54. The van der Waals surface area contributed by atoms with Crippen LogP contribution in [-0.4, -0.2) is 22.1 Å². The van der Waals surface area contributed by atoms with Crippen molar-refractivity contribution in [3.05, 3.63) is 24.0 Å². The molecule has 0 bridgehead atoms. The first-order chi connectivity index (χ1) is 6.77. The number of aromatic nitrogens is 1. The summed E-state index contributed by atoms with van der Waals surface area (Å²) < 4.78 is 1.94. The SMILES string of the molecule is CCCC(=O)c1ccn(CCCO)c1. The number of aliphatic hydroxyl groups excluding tert-OH is 1. The molecule has 0 spiro atoms. The van der Waals surface area contributed by atoms with Crippen LogP contribution in [0, 0.1) is 0 Å². The first-order valence-corrected chi connectivity index (χ1v) is 5.07. The summed E-state index contributed by atoms with van der Waals surface area (Å²) in [5, 5.41) is 8.65. The van der Waals surface area contributed by atoms with Crippen molar-refractivity contribution >= 4 is 5.78 Å².